The van der Waals surface area contributed by atoms with Crippen LogP contribution in [0.5, 0.6) is 0 Å². The average molecular weight is 350 g/mol. The molecule has 4 atom stereocenters. The van der Waals surface area contributed by atoms with Crippen LogP contribution in [-0.2, 0) is 0 Å². The lowest BCUT2D eigenvalue weighted by atomic mass is 9.70. The first-order valence-corrected chi connectivity index (χ1v) is 11.9. The summed E-state index contributed by atoms with van der Waals surface area (Å²) in [5.74, 6) is 5.91. The summed E-state index contributed by atoms with van der Waals surface area (Å²) in [6, 6.07) is 0. The first-order valence-electron chi connectivity index (χ1n) is 11.9. The normalized spacial score (nSPS) is 22.6. The van der Waals surface area contributed by atoms with Gasteiger partial charge in [-0.05, 0) is 61.3 Å². The summed E-state index contributed by atoms with van der Waals surface area (Å²) in [6.45, 7) is 8.31. The third-order valence-electron chi connectivity index (χ3n) is 7.41. The van der Waals surface area contributed by atoms with Crippen LogP contribution in [0, 0.1) is 35.5 Å². The molecule has 1 heteroatoms. The Kier molecular flexibility index (Phi) is 9.89. The molecule has 2 N–H and O–H groups in total. The predicted octanol–water partition coefficient (Wildman–Crippen LogP) is 7.19. The van der Waals surface area contributed by atoms with E-state index in [1.165, 1.54) is 89.9 Å². The standard InChI is InChI=1S/C24H47N/c1-4-5-6-11-23(12-7-10-21-13-14-21)24(18-22-15-16-22)20(3)19(2)9-8-17-25/h19-24H,4-18,25H2,1-3H3. The maximum atomic E-state index is 5.78. The largest absolute Gasteiger partial charge is 0.330 e. The van der Waals surface area contributed by atoms with Gasteiger partial charge in [0.1, 0.15) is 0 Å². The fourth-order valence-corrected chi connectivity index (χ4v) is 5.00. The van der Waals surface area contributed by atoms with Crippen LogP contribution in [0.2, 0.25) is 0 Å². The maximum Gasteiger partial charge on any atom is -0.00772 e. The van der Waals surface area contributed by atoms with Gasteiger partial charge < -0.3 is 5.73 Å². The van der Waals surface area contributed by atoms with E-state index in [9.17, 15) is 0 Å². The van der Waals surface area contributed by atoms with Crippen molar-refractivity contribution in [1.82, 2.24) is 0 Å². The predicted molar refractivity (Wildman–Crippen MR) is 112 cm³/mol. The van der Waals surface area contributed by atoms with E-state index in [4.69, 9.17) is 5.73 Å². The van der Waals surface area contributed by atoms with Gasteiger partial charge in [0.05, 0.1) is 0 Å². The topological polar surface area (TPSA) is 26.0 Å². The Morgan fingerprint density at radius 1 is 0.840 bits per heavy atom. The van der Waals surface area contributed by atoms with Gasteiger partial charge in [0.15, 0.2) is 0 Å². The highest BCUT2D eigenvalue weighted by molar-refractivity contribution is 4.85. The Labute approximate surface area is 158 Å². The van der Waals surface area contributed by atoms with E-state index in [-0.39, 0.29) is 0 Å². The smallest absolute Gasteiger partial charge is 0.00772 e. The van der Waals surface area contributed by atoms with Gasteiger partial charge in [-0.2, -0.15) is 0 Å². The van der Waals surface area contributed by atoms with Crippen LogP contribution in [-0.4, -0.2) is 6.54 Å². The third-order valence-corrected chi connectivity index (χ3v) is 7.41. The highest BCUT2D eigenvalue weighted by atomic mass is 14.5. The SMILES string of the molecule is CCCCCC(CCCC1CC1)C(CC1CC1)C(C)C(C)CCCN. The Morgan fingerprint density at radius 3 is 2.12 bits per heavy atom. The van der Waals surface area contributed by atoms with Crippen molar-refractivity contribution in [3.05, 3.63) is 0 Å². The average Bonchev–Trinajstić information content (AvgIpc) is 3.51. The fraction of sp³-hybridized carbons (Fsp3) is 1.00. The van der Waals surface area contributed by atoms with Crippen molar-refractivity contribution in [3.8, 4) is 0 Å². The minimum Gasteiger partial charge on any atom is -0.330 e. The molecule has 2 aliphatic carbocycles. The van der Waals surface area contributed by atoms with E-state index >= 15 is 0 Å². The van der Waals surface area contributed by atoms with E-state index in [0.29, 0.717) is 0 Å². The van der Waals surface area contributed by atoms with Crippen LogP contribution in [0.15, 0.2) is 0 Å². The van der Waals surface area contributed by atoms with E-state index in [2.05, 4.69) is 20.8 Å². The number of unbranched alkanes of at least 4 members (excludes halogenated alkanes) is 2. The number of hydrogen-bond donors (Lipinski definition) is 1. The summed E-state index contributed by atoms with van der Waals surface area (Å²) >= 11 is 0. The quantitative estimate of drug-likeness (QED) is 0.293. The summed E-state index contributed by atoms with van der Waals surface area (Å²) in [4.78, 5) is 0. The lowest BCUT2D eigenvalue weighted by molar-refractivity contribution is 0.139. The molecule has 2 saturated carbocycles. The Hall–Kier alpha value is -0.0400. The second-order valence-electron chi connectivity index (χ2n) is 9.74. The molecule has 0 amide bonds. The van der Waals surface area contributed by atoms with Gasteiger partial charge in [0, 0.05) is 0 Å². The van der Waals surface area contributed by atoms with Crippen molar-refractivity contribution >= 4 is 0 Å². The van der Waals surface area contributed by atoms with Crippen LogP contribution in [0.25, 0.3) is 0 Å². The zero-order chi connectivity index (χ0) is 18.1. The van der Waals surface area contributed by atoms with E-state index in [1.807, 2.05) is 0 Å². The van der Waals surface area contributed by atoms with E-state index < -0.39 is 0 Å². The Morgan fingerprint density at radius 2 is 1.52 bits per heavy atom. The third kappa shape index (κ3) is 8.46. The highest BCUT2D eigenvalue weighted by Gasteiger charge is 2.34. The molecule has 0 saturated heterocycles. The molecule has 25 heavy (non-hydrogen) atoms. The van der Waals surface area contributed by atoms with Crippen molar-refractivity contribution in [1.29, 1.82) is 0 Å². The molecule has 0 spiro atoms. The number of hydrogen-bond acceptors (Lipinski definition) is 1. The second kappa shape index (κ2) is 11.6. The monoisotopic (exact) mass is 349 g/mol. The summed E-state index contributed by atoms with van der Waals surface area (Å²) < 4.78 is 0. The Balaban J connectivity index is 1.92. The van der Waals surface area contributed by atoms with Crippen molar-refractivity contribution in [2.45, 2.75) is 111 Å². The van der Waals surface area contributed by atoms with Crippen LogP contribution in [0.1, 0.15) is 111 Å². The highest BCUT2D eigenvalue weighted by Crippen LogP contribution is 2.45. The fourth-order valence-electron chi connectivity index (χ4n) is 5.00. The lowest BCUT2D eigenvalue weighted by Gasteiger charge is -2.36. The van der Waals surface area contributed by atoms with Crippen LogP contribution in [0.4, 0.5) is 0 Å². The van der Waals surface area contributed by atoms with Gasteiger partial charge in [-0.25, -0.2) is 0 Å². The minimum absolute atomic E-state index is 0.851. The molecule has 2 aliphatic rings. The van der Waals surface area contributed by atoms with Crippen molar-refractivity contribution < 1.29 is 0 Å². The molecule has 2 rings (SSSR count). The molecule has 0 aromatic rings. The molecule has 1 nitrogen and oxygen atoms in total. The Bertz CT molecular complexity index is 331. The van der Waals surface area contributed by atoms with Crippen LogP contribution >= 0.6 is 0 Å². The van der Waals surface area contributed by atoms with Crippen LogP contribution < -0.4 is 5.73 Å². The summed E-state index contributed by atoms with van der Waals surface area (Å²) in [5.41, 5.74) is 5.78. The van der Waals surface area contributed by atoms with Gasteiger partial charge in [-0.15, -0.1) is 0 Å². The second-order valence-corrected chi connectivity index (χ2v) is 9.74. The number of nitrogens with two attached hydrogens (primary N) is 1. The molecule has 0 bridgehead atoms. The van der Waals surface area contributed by atoms with E-state index in [1.54, 1.807) is 0 Å². The molecule has 0 radical (unpaired) electrons. The zero-order valence-corrected chi connectivity index (χ0v) is 17.6. The van der Waals surface area contributed by atoms with Crippen molar-refractivity contribution in [2.24, 2.45) is 41.2 Å². The van der Waals surface area contributed by atoms with Gasteiger partial charge in [0.25, 0.3) is 0 Å². The molecule has 4 unspecified atom stereocenters. The first-order chi connectivity index (χ1) is 12.2. The van der Waals surface area contributed by atoms with Crippen molar-refractivity contribution in [2.75, 3.05) is 6.54 Å². The van der Waals surface area contributed by atoms with Gasteiger partial charge >= 0.3 is 0 Å². The van der Waals surface area contributed by atoms with E-state index in [0.717, 1.165) is 42.1 Å². The van der Waals surface area contributed by atoms with Gasteiger partial charge in [-0.1, -0.05) is 91.4 Å². The first kappa shape index (κ1) is 21.3. The summed E-state index contributed by atoms with van der Waals surface area (Å²) in [6.07, 6.45) is 20.5. The minimum atomic E-state index is 0.851. The molecular formula is C24H47N. The zero-order valence-electron chi connectivity index (χ0n) is 17.6. The van der Waals surface area contributed by atoms with Gasteiger partial charge in [0.2, 0.25) is 0 Å². The molecule has 0 heterocycles. The van der Waals surface area contributed by atoms with Gasteiger partial charge in [-0.3, -0.25) is 0 Å². The summed E-state index contributed by atoms with van der Waals surface area (Å²) in [7, 11) is 0. The molecule has 0 aromatic carbocycles. The molecule has 148 valence electrons. The molecule has 0 aliphatic heterocycles. The lowest BCUT2D eigenvalue weighted by Crippen LogP contribution is -2.28. The number of rotatable bonds is 16. The van der Waals surface area contributed by atoms with Crippen LogP contribution in [0.3, 0.4) is 0 Å². The molecular weight excluding hydrogens is 302 g/mol. The maximum absolute atomic E-state index is 5.78. The molecule has 0 aromatic heterocycles. The molecule has 2 fully saturated rings. The van der Waals surface area contributed by atoms with Crippen molar-refractivity contribution in [3.63, 3.8) is 0 Å². The summed E-state index contributed by atoms with van der Waals surface area (Å²) in [5, 5.41) is 0.